The van der Waals surface area contributed by atoms with Crippen molar-refractivity contribution in [3.63, 3.8) is 0 Å². The van der Waals surface area contributed by atoms with E-state index >= 15 is 0 Å². The zero-order valence-corrected chi connectivity index (χ0v) is 12.1. The first-order chi connectivity index (χ1) is 9.49. The number of nitrogens with one attached hydrogen (secondary N) is 3. The molecule has 0 spiro atoms. The molecule has 0 aliphatic rings. The molecule has 0 radical (unpaired) electrons. The largest absolute Gasteiger partial charge is 0.354 e. The van der Waals surface area contributed by atoms with Crippen LogP contribution in [0.15, 0.2) is 18.2 Å². The molecule has 6 nitrogen and oxygen atoms in total. The number of aryl methyl sites for hydroxylation is 1. The quantitative estimate of drug-likeness (QED) is 0.459. The van der Waals surface area contributed by atoms with E-state index in [4.69, 9.17) is 5.84 Å². The number of anilines is 1. The Labute approximate surface area is 119 Å². The number of benzene rings is 1. The normalized spacial score (nSPS) is 11.6. The van der Waals surface area contributed by atoms with E-state index < -0.39 is 6.04 Å². The van der Waals surface area contributed by atoms with Crippen molar-refractivity contribution in [2.24, 2.45) is 5.84 Å². The van der Waals surface area contributed by atoms with Gasteiger partial charge in [0, 0.05) is 6.54 Å². The first kappa shape index (κ1) is 16.0. The van der Waals surface area contributed by atoms with Gasteiger partial charge in [-0.25, -0.2) is 0 Å². The van der Waals surface area contributed by atoms with E-state index in [1.165, 1.54) is 0 Å². The third-order valence-corrected chi connectivity index (χ3v) is 2.87. The molecule has 1 unspecified atom stereocenters. The van der Waals surface area contributed by atoms with E-state index in [-0.39, 0.29) is 11.8 Å². The van der Waals surface area contributed by atoms with Crippen molar-refractivity contribution >= 4 is 17.5 Å². The molecule has 0 aliphatic carbocycles. The Morgan fingerprint density at radius 1 is 1.35 bits per heavy atom. The van der Waals surface area contributed by atoms with Crippen LogP contribution >= 0.6 is 0 Å². The van der Waals surface area contributed by atoms with E-state index in [0.29, 0.717) is 17.8 Å². The van der Waals surface area contributed by atoms with Crippen molar-refractivity contribution in [1.29, 1.82) is 0 Å². The summed E-state index contributed by atoms with van der Waals surface area (Å²) in [5.74, 6) is 4.87. The lowest BCUT2D eigenvalue weighted by Gasteiger charge is -2.15. The summed E-state index contributed by atoms with van der Waals surface area (Å²) in [5.41, 5.74) is 4.42. The number of hydrogen-bond acceptors (Lipinski definition) is 4. The molecule has 1 rings (SSSR count). The Balaban J connectivity index is 2.73. The SMILES string of the molecule is CCCNC(=O)C(C)NC(=O)c1ccc(C)cc1NN. The zero-order valence-electron chi connectivity index (χ0n) is 12.1. The average molecular weight is 278 g/mol. The minimum atomic E-state index is -0.596. The fourth-order valence-corrected chi connectivity index (χ4v) is 1.72. The Morgan fingerprint density at radius 2 is 2.05 bits per heavy atom. The van der Waals surface area contributed by atoms with Gasteiger partial charge in [-0.15, -0.1) is 0 Å². The summed E-state index contributed by atoms with van der Waals surface area (Å²) in [5, 5.41) is 5.39. The van der Waals surface area contributed by atoms with Gasteiger partial charge >= 0.3 is 0 Å². The summed E-state index contributed by atoms with van der Waals surface area (Å²) in [7, 11) is 0. The molecule has 0 bridgehead atoms. The van der Waals surface area contributed by atoms with Crippen LogP contribution in [0.25, 0.3) is 0 Å². The third-order valence-electron chi connectivity index (χ3n) is 2.87. The Hall–Kier alpha value is -2.08. The minimum Gasteiger partial charge on any atom is -0.354 e. The summed E-state index contributed by atoms with van der Waals surface area (Å²) in [4.78, 5) is 23.8. The van der Waals surface area contributed by atoms with Crippen LogP contribution < -0.4 is 21.9 Å². The van der Waals surface area contributed by atoms with Crippen LogP contribution in [0.4, 0.5) is 5.69 Å². The molecule has 6 heteroatoms. The highest BCUT2D eigenvalue weighted by Gasteiger charge is 2.18. The summed E-state index contributed by atoms with van der Waals surface area (Å²) in [6, 6.07) is 4.67. The Kier molecular flexibility index (Phi) is 5.99. The molecule has 0 saturated heterocycles. The van der Waals surface area contributed by atoms with Crippen molar-refractivity contribution in [3.05, 3.63) is 29.3 Å². The van der Waals surface area contributed by atoms with Crippen LogP contribution in [0.2, 0.25) is 0 Å². The molecule has 0 fully saturated rings. The summed E-state index contributed by atoms with van der Waals surface area (Å²) in [6.45, 7) is 6.12. The van der Waals surface area contributed by atoms with E-state index in [2.05, 4.69) is 16.1 Å². The van der Waals surface area contributed by atoms with Crippen LogP contribution in [0.1, 0.15) is 36.2 Å². The monoisotopic (exact) mass is 278 g/mol. The molecule has 20 heavy (non-hydrogen) atoms. The van der Waals surface area contributed by atoms with Gasteiger partial charge in [-0.05, 0) is 38.0 Å². The van der Waals surface area contributed by atoms with Gasteiger partial charge in [0.25, 0.3) is 5.91 Å². The van der Waals surface area contributed by atoms with Gasteiger partial charge in [0.1, 0.15) is 6.04 Å². The number of nitrogen functional groups attached to an aromatic ring is 1. The number of carbonyl (C=O) groups excluding carboxylic acids is 2. The standard InChI is InChI=1S/C14H22N4O2/c1-4-7-16-13(19)10(3)17-14(20)11-6-5-9(2)8-12(11)18-15/h5-6,8,10,18H,4,7,15H2,1-3H3,(H,16,19)(H,17,20). The number of rotatable bonds is 6. The van der Waals surface area contributed by atoms with Crippen molar-refractivity contribution in [3.8, 4) is 0 Å². The van der Waals surface area contributed by atoms with Crippen molar-refractivity contribution in [1.82, 2.24) is 10.6 Å². The van der Waals surface area contributed by atoms with Crippen molar-refractivity contribution in [2.75, 3.05) is 12.0 Å². The topological polar surface area (TPSA) is 96.2 Å². The van der Waals surface area contributed by atoms with Gasteiger partial charge in [0.05, 0.1) is 11.3 Å². The predicted octanol–water partition coefficient (Wildman–Crippen LogP) is 0.925. The summed E-state index contributed by atoms with van der Waals surface area (Å²) < 4.78 is 0. The second-order valence-corrected chi connectivity index (χ2v) is 4.68. The van der Waals surface area contributed by atoms with E-state index in [1.807, 2.05) is 19.9 Å². The highest BCUT2D eigenvalue weighted by molar-refractivity contribution is 6.01. The molecular weight excluding hydrogens is 256 g/mol. The molecule has 2 amide bonds. The Morgan fingerprint density at radius 3 is 2.65 bits per heavy atom. The fraction of sp³-hybridized carbons (Fsp3) is 0.429. The molecule has 110 valence electrons. The van der Waals surface area contributed by atoms with E-state index in [1.54, 1.807) is 19.1 Å². The second kappa shape index (κ2) is 7.49. The maximum absolute atomic E-state index is 12.1. The first-order valence-corrected chi connectivity index (χ1v) is 6.65. The zero-order chi connectivity index (χ0) is 15.1. The van der Waals surface area contributed by atoms with Crippen molar-refractivity contribution in [2.45, 2.75) is 33.2 Å². The smallest absolute Gasteiger partial charge is 0.254 e. The van der Waals surface area contributed by atoms with Crippen LogP contribution in [0.5, 0.6) is 0 Å². The van der Waals surface area contributed by atoms with E-state index in [0.717, 1.165) is 12.0 Å². The predicted molar refractivity (Wildman–Crippen MR) is 79.2 cm³/mol. The minimum absolute atomic E-state index is 0.199. The van der Waals surface area contributed by atoms with Gasteiger partial charge < -0.3 is 16.1 Å². The molecular formula is C14H22N4O2. The second-order valence-electron chi connectivity index (χ2n) is 4.68. The lowest BCUT2D eigenvalue weighted by molar-refractivity contribution is -0.122. The summed E-state index contributed by atoms with van der Waals surface area (Å²) in [6.07, 6.45) is 0.853. The van der Waals surface area contributed by atoms with Crippen LogP contribution in [0.3, 0.4) is 0 Å². The Bertz CT molecular complexity index is 488. The average Bonchev–Trinajstić information content (AvgIpc) is 2.44. The fourth-order valence-electron chi connectivity index (χ4n) is 1.72. The van der Waals surface area contributed by atoms with Crippen LogP contribution in [0, 0.1) is 6.92 Å². The van der Waals surface area contributed by atoms with Gasteiger partial charge in [0.2, 0.25) is 5.91 Å². The number of hydrazine groups is 1. The molecule has 0 heterocycles. The maximum Gasteiger partial charge on any atom is 0.254 e. The van der Waals surface area contributed by atoms with Gasteiger partial charge in [-0.2, -0.15) is 0 Å². The number of nitrogens with two attached hydrogens (primary N) is 1. The number of hydrogen-bond donors (Lipinski definition) is 4. The maximum atomic E-state index is 12.1. The molecule has 0 aromatic heterocycles. The van der Waals surface area contributed by atoms with Gasteiger partial charge in [-0.1, -0.05) is 13.0 Å². The number of amides is 2. The van der Waals surface area contributed by atoms with Gasteiger partial charge in [0.15, 0.2) is 0 Å². The van der Waals surface area contributed by atoms with Gasteiger partial charge in [-0.3, -0.25) is 15.4 Å². The highest BCUT2D eigenvalue weighted by atomic mass is 16.2. The number of carbonyl (C=O) groups is 2. The highest BCUT2D eigenvalue weighted by Crippen LogP contribution is 2.16. The van der Waals surface area contributed by atoms with Crippen molar-refractivity contribution < 1.29 is 9.59 Å². The molecule has 1 aromatic rings. The lowest BCUT2D eigenvalue weighted by Crippen LogP contribution is -2.45. The molecule has 0 saturated carbocycles. The molecule has 1 aromatic carbocycles. The van der Waals surface area contributed by atoms with Crippen LogP contribution in [-0.4, -0.2) is 24.4 Å². The first-order valence-electron chi connectivity index (χ1n) is 6.65. The molecule has 1 atom stereocenters. The lowest BCUT2D eigenvalue weighted by atomic mass is 10.1. The third kappa shape index (κ3) is 4.24. The molecule has 0 aliphatic heterocycles. The van der Waals surface area contributed by atoms with E-state index in [9.17, 15) is 9.59 Å². The molecule has 5 N–H and O–H groups in total. The summed E-state index contributed by atoms with van der Waals surface area (Å²) >= 11 is 0. The van der Waals surface area contributed by atoms with Crippen LogP contribution in [-0.2, 0) is 4.79 Å².